The molecule has 0 aliphatic carbocycles. The first-order valence-corrected chi connectivity index (χ1v) is 8.88. The molecule has 0 spiro atoms. The van der Waals surface area contributed by atoms with E-state index in [4.69, 9.17) is 0 Å². The van der Waals surface area contributed by atoms with Crippen molar-refractivity contribution in [2.45, 2.75) is 12.8 Å². The van der Waals surface area contributed by atoms with Gasteiger partial charge in [-0.15, -0.1) is 0 Å². The van der Waals surface area contributed by atoms with Crippen LogP contribution < -0.4 is 5.69 Å². The van der Waals surface area contributed by atoms with Crippen LogP contribution in [0.25, 0.3) is 16.7 Å². The van der Waals surface area contributed by atoms with Gasteiger partial charge in [-0.3, -0.25) is 9.47 Å². The molecule has 0 atom stereocenters. The van der Waals surface area contributed by atoms with Crippen molar-refractivity contribution in [2.24, 2.45) is 0 Å². The number of thiophene rings is 1. The molecule has 0 amide bonds. The molecule has 5 heteroatoms. The van der Waals surface area contributed by atoms with Crippen molar-refractivity contribution in [3.05, 3.63) is 63.2 Å². The van der Waals surface area contributed by atoms with Gasteiger partial charge >= 0.3 is 5.69 Å². The van der Waals surface area contributed by atoms with E-state index < -0.39 is 0 Å². The molecule has 1 N–H and O–H groups in total. The normalized spacial score (nSPS) is 15.9. The summed E-state index contributed by atoms with van der Waals surface area (Å²) in [5, 5.41) is 4.35. The molecule has 1 aromatic carbocycles. The molecule has 4 nitrogen and oxygen atoms in total. The van der Waals surface area contributed by atoms with Crippen LogP contribution in [-0.2, 0) is 6.42 Å². The molecule has 0 unspecified atom stereocenters. The average molecular weight is 325 g/mol. The fourth-order valence-corrected chi connectivity index (χ4v) is 3.87. The molecular formula is C18H19N3OS. The predicted molar refractivity (Wildman–Crippen MR) is 95.9 cm³/mol. The van der Waals surface area contributed by atoms with Crippen molar-refractivity contribution in [2.75, 3.05) is 19.6 Å². The van der Waals surface area contributed by atoms with E-state index in [-0.39, 0.29) is 5.69 Å². The number of fused-ring (bicyclic) bond motifs is 1. The van der Waals surface area contributed by atoms with E-state index in [0.717, 1.165) is 49.2 Å². The number of benzene rings is 1. The lowest BCUT2D eigenvalue weighted by Crippen LogP contribution is -2.32. The Morgan fingerprint density at radius 2 is 2.13 bits per heavy atom. The molecule has 0 radical (unpaired) electrons. The lowest BCUT2D eigenvalue weighted by Gasteiger charge is -2.26. The van der Waals surface area contributed by atoms with Gasteiger partial charge in [0.2, 0.25) is 0 Å². The van der Waals surface area contributed by atoms with Gasteiger partial charge in [-0.1, -0.05) is 18.2 Å². The predicted octanol–water partition coefficient (Wildman–Crippen LogP) is 3.18. The van der Waals surface area contributed by atoms with Gasteiger partial charge in [-0.2, -0.15) is 11.3 Å². The van der Waals surface area contributed by atoms with E-state index in [1.807, 2.05) is 28.8 Å². The summed E-state index contributed by atoms with van der Waals surface area (Å²) in [6.07, 6.45) is 4.20. The zero-order valence-corrected chi connectivity index (χ0v) is 13.7. The van der Waals surface area contributed by atoms with Gasteiger partial charge in [0, 0.05) is 31.8 Å². The maximum Gasteiger partial charge on any atom is 0.330 e. The van der Waals surface area contributed by atoms with Gasteiger partial charge in [-0.25, -0.2) is 4.79 Å². The monoisotopic (exact) mass is 325 g/mol. The van der Waals surface area contributed by atoms with Crippen LogP contribution in [0.15, 0.2) is 52.0 Å². The Morgan fingerprint density at radius 3 is 2.91 bits per heavy atom. The van der Waals surface area contributed by atoms with Crippen molar-refractivity contribution in [3.63, 3.8) is 0 Å². The van der Waals surface area contributed by atoms with E-state index in [2.05, 4.69) is 32.8 Å². The number of nitrogens with one attached hydrogen (secondary N) is 1. The van der Waals surface area contributed by atoms with Crippen LogP contribution in [0.1, 0.15) is 12.0 Å². The molecule has 3 aromatic rings. The molecule has 0 fully saturated rings. The summed E-state index contributed by atoms with van der Waals surface area (Å²) in [6.45, 7) is 2.98. The van der Waals surface area contributed by atoms with Gasteiger partial charge in [0.1, 0.15) is 0 Å². The van der Waals surface area contributed by atoms with Crippen molar-refractivity contribution in [1.82, 2.24) is 14.5 Å². The van der Waals surface area contributed by atoms with E-state index in [1.54, 1.807) is 11.3 Å². The first kappa shape index (κ1) is 14.5. The molecule has 0 saturated carbocycles. The molecule has 23 heavy (non-hydrogen) atoms. The summed E-state index contributed by atoms with van der Waals surface area (Å²) in [7, 11) is 0. The fraction of sp³-hybridized carbons (Fsp3) is 0.278. The van der Waals surface area contributed by atoms with E-state index >= 15 is 0 Å². The number of H-pyrrole nitrogens is 1. The standard InChI is InChI=1S/C18H19N3OS/c22-18-19-16-3-1-2-4-17(16)21(18)15-6-10-20(11-7-15)9-5-14-8-12-23-13-14/h1-4,6,8,12-13H,5,7,9-11H2,(H,19,22). The first-order chi connectivity index (χ1) is 11.3. The summed E-state index contributed by atoms with van der Waals surface area (Å²) in [6, 6.07) is 10.1. The SMILES string of the molecule is O=c1[nH]c2ccccc2n1C1=CCN(CCc2ccsc2)CC1. The number of imidazole rings is 1. The number of rotatable bonds is 4. The minimum atomic E-state index is -0.0378. The summed E-state index contributed by atoms with van der Waals surface area (Å²) in [4.78, 5) is 17.6. The van der Waals surface area contributed by atoms with Crippen molar-refractivity contribution in [1.29, 1.82) is 0 Å². The highest BCUT2D eigenvalue weighted by Gasteiger charge is 2.16. The Labute approximate surface area is 138 Å². The van der Waals surface area contributed by atoms with Crippen LogP contribution in [0.5, 0.6) is 0 Å². The topological polar surface area (TPSA) is 41.0 Å². The van der Waals surface area contributed by atoms with Crippen LogP contribution in [-0.4, -0.2) is 34.1 Å². The Kier molecular flexibility index (Phi) is 3.89. The van der Waals surface area contributed by atoms with Crippen molar-refractivity contribution in [3.8, 4) is 0 Å². The smallest absolute Gasteiger partial charge is 0.305 e. The molecular weight excluding hydrogens is 306 g/mol. The molecule has 3 heterocycles. The Balaban J connectivity index is 1.50. The minimum absolute atomic E-state index is 0.0378. The minimum Gasteiger partial charge on any atom is -0.305 e. The highest BCUT2D eigenvalue weighted by molar-refractivity contribution is 7.07. The number of hydrogen-bond donors (Lipinski definition) is 1. The molecule has 0 bridgehead atoms. The highest BCUT2D eigenvalue weighted by Crippen LogP contribution is 2.20. The second-order valence-electron chi connectivity index (χ2n) is 5.91. The Bertz CT molecular complexity index is 889. The molecule has 1 aliphatic heterocycles. The van der Waals surface area contributed by atoms with Crippen LogP contribution in [0.4, 0.5) is 0 Å². The zero-order chi connectivity index (χ0) is 15.6. The quantitative estimate of drug-likeness (QED) is 0.800. The number of hydrogen-bond acceptors (Lipinski definition) is 3. The number of para-hydroxylation sites is 2. The van der Waals surface area contributed by atoms with E-state index in [0.29, 0.717) is 0 Å². The van der Waals surface area contributed by atoms with Gasteiger partial charge in [0.25, 0.3) is 0 Å². The molecule has 0 saturated heterocycles. The molecule has 1 aliphatic rings. The first-order valence-electron chi connectivity index (χ1n) is 7.94. The van der Waals surface area contributed by atoms with Gasteiger partial charge < -0.3 is 4.98 Å². The summed E-state index contributed by atoms with van der Waals surface area (Å²) >= 11 is 1.76. The van der Waals surface area contributed by atoms with Crippen LogP contribution in [0, 0.1) is 0 Å². The lowest BCUT2D eigenvalue weighted by molar-refractivity contribution is 0.303. The van der Waals surface area contributed by atoms with Crippen molar-refractivity contribution >= 4 is 28.1 Å². The number of nitrogens with zero attached hydrogens (tertiary/aromatic N) is 2. The number of aromatic amines is 1. The summed E-state index contributed by atoms with van der Waals surface area (Å²) in [5.41, 5.74) is 4.36. The Hall–Kier alpha value is -2.11. The maximum atomic E-state index is 12.3. The molecule has 4 rings (SSSR count). The highest BCUT2D eigenvalue weighted by atomic mass is 32.1. The summed E-state index contributed by atoms with van der Waals surface area (Å²) in [5.74, 6) is 0. The van der Waals surface area contributed by atoms with E-state index in [9.17, 15) is 4.79 Å². The van der Waals surface area contributed by atoms with Crippen LogP contribution in [0.3, 0.4) is 0 Å². The van der Waals surface area contributed by atoms with E-state index in [1.165, 1.54) is 5.56 Å². The Morgan fingerprint density at radius 1 is 1.22 bits per heavy atom. The summed E-state index contributed by atoms with van der Waals surface area (Å²) < 4.78 is 1.82. The second kappa shape index (κ2) is 6.18. The molecule has 2 aromatic heterocycles. The number of aromatic nitrogens is 2. The van der Waals surface area contributed by atoms with Crippen molar-refractivity contribution < 1.29 is 0 Å². The van der Waals surface area contributed by atoms with Crippen LogP contribution in [0.2, 0.25) is 0 Å². The second-order valence-corrected chi connectivity index (χ2v) is 6.69. The van der Waals surface area contributed by atoms with Crippen LogP contribution >= 0.6 is 11.3 Å². The van der Waals surface area contributed by atoms with Gasteiger partial charge in [0.15, 0.2) is 0 Å². The maximum absolute atomic E-state index is 12.3. The lowest BCUT2D eigenvalue weighted by atomic mass is 10.1. The average Bonchev–Trinajstić information content (AvgIpc) is 3.20. The zero-order valence-electron chi connectivity index (χ0n) is 12.9. The molecule has 118 valence electrons. The van der Waals surface area contributed by atoms with Gasteiger partial charge in [-0.05, 0) is 40.9 Å². The largest absolute Gasteiger partial charge is 0.330 e. The van der Waals surface area contributed by atoms with Gasteiger partial charge in [0.05, 0.1) is 11.0 Å². The third-order valence-corrected chi connectivity index (χ3v) is 5.17. The third-order valence-electron chi connectivity index (χ3n) is 4.44. The third kappa shape index (κ3) is 2.90. The fourth-order valence-electron chi connectivity index (χ4n) is 3.17.